The molecule has 8 heteroatoms. The lowest BCUT2D eigenvalue weighted by atomic mass is 10.2. The van der Waals surface area contributed by atoms with Gasteiger partial charge in [-0.15, -0.1) is 0 Å². The fourth-order valence-corrected chi connectivity index (χ4v) is 3.39. The van der Waals surface area contributed by atoms with Crippen LogP contribution in [0.1, 0.15) is 12.0 Å². The van der Waals surface area contributed by atoms with Gasteiger partial charge in [0, 0.05) is 24.7 Å². The maximum Gasteiger partial charge on any atom is 0.409 e. The Bertz CT molecular complexity index is 830. The number of carboxylic acid groups (broad SMARTS) is 1. The van der Waals surface area contributed by atoms with Gasteiger partial charge in [-0.2, -0.15) is 0 Å². The van der Waals surface area contributed by atoms with Crippen LogP contribution in [0, 0.1) is 6.92 Å². The van der Waals surface area contributed by atoms with Crippen molar-refractivity contribution in [2.24, 2.45) is 0 Å². The first kappa shape index (κ1) is 21.2. The highest BCUT2D eigenvalue weighted by Crippen LogP contribution is 2.26. The minimum Gasteiger partial charge on any atom is -0.489 e. The number of nitrogens with zero attached hydrogens (tertiary/aromatic N) is 1. The van der Waals surface area contributed by atoms with Crippen molar-refractivity contribution in [3.63, 3.8) is 0 Å². The molecule has 0 radical (unpaired) electrons. The second-order valence-electron chi connectivity index (χ2n) is 7.14. The van der Waals surface area contributed by atoms with E-state index in [-0.39, 0.29) is 12.7 Å². The van der Waals surface area contributed by atoms with Gasteiger partial charge in [0.2, 0.25) is 0 Å². The highest BCUT2D eigenvalue weighted by Gasteiger charge is 2.26. The lowest BCUT2D eigenvalue weighted by Crippen LogP contribution is -2.35. The van der Waals surface area contributed by atoms with Crippen molar-refractivity contribution in [3.05, 3.63) is 53.1 Å². The molecule has 2 aromatic carbocycles. The van der Waals surface area contributed by atoms with Crippen molar-refractivity contribution in [1.29, 1.82) is 0 Å². The van der Waals surface area contributed by atoms with Gasteiger partial charge in [-0.25, -0.2) is 4.79 Å². The van der Waals surface area contributed by atoms with E-state index in [1.807, 2.05) is 19.1 Å². The molecule has 2 aromatic rings. The summed E-state index contributed by atoms with van der Waals surface area (Å²) in [5.41, 5.74) is 1.29. The van der Waals surface area contributed by atoms with Gasteiger partial charge < -0.3 is 19.7 Å². The van der Waals surface area contributed by atoms with Crippen molar-refractivity contribution in [2.45, 2.75) is 25.6 Å². The van der Waals surface area contributed by atoms with Gasteiger partial charge in [-0.1, -0.05) is 17.7 Å². The number of nitrogens with one attached hydrogen (secondary N) is 1. The van der Waals surface area contributed by atoms with Crippen molar-refractivity contribution >= 4 is 23.4 Å². The van der Waals surface area contributed by atoms with E-state index >= 15 is 0 Å². The third kappa shape index (κ3) is 6.52. The summed E-state index contributed by atoms with van der Waals surface area (Å²) >= 11 is 5.89. The number of carbonyl (C=O) groups is 1. The average molecular weight is 421 g/mol. The van der Waals surface area contributed by atoms with E-state index in [2.05, 4.69) is 10.2 Å². The van der Waals surface area contributed by atoms with Crippen molar-refractivity contribution in [3.8, 4) is 11.5 Å². The van der Waals surface area contributed by atoms with Crippen LogP contribution in [0.25, 0.3) is 0 Å². The van der Waals surface area contributed by atoms with Gasteiger partial charge in [-0.3, -0.25) is 10.2 Å². The summed E-state index contributed by atoms with van der Waals surface area (Å²) in [4.78, 5) is 13.0. The molecule has 7 nitrogen and oxygen atoms in total. The number of anilines is 1. The number of hydrogen-bond donors (Lipinski definition) is 3. The van der Waals surface area contributed by atoms with E-state index < -0.39 is 12.2 Å². The number of aliphatic hydroxyl groups excluding tert-OH is 1. The molecule has 1 amide bonds. The first-order valence-corrected chi connectivity index (χ1v) is 9.83. The standard InChI is InChI=1S/C21H25ClN2O5/c1-14-2-7-19(23-21(26)27)20(10-14)28-13-16(25)11-24-9-8-18(12-24)29-17-5-3-15(22)4-6-17/h2-7,10,16,18,23,25H,8-9,11-13H2,1H3,(H,26,27). The van der Waals surface area contributed by atoms with Crippen molar-refractivity contribution in [2.75, 3.05) is 31.6 Å². The van der Waals surface area contributed by atoms with Crippen LogP contribution in [0.4, 0.5) is 10.5 Å². The molecule has 1 fully saturated rings. The number of halogens is 1. The maximum absolute atomic E-state index is 10.9. The number of rotatable bonds is 8. The van der Waals surface area contributed by atoms with Crippen LogP contribution in [-0.4, -0.2) is 59.7 Å². The molecule has 29 heavy (non-hydrogen) atoms. The first-order valence-electron chi connectivity index (χ1n) is 9.45. The second-order valence-corrected chi connectivity index (χ2v) is 7.57. The number of likely N-dealkylation sites (tertiary alicyclic amines) is 1. The maximum atomic E-state index is 10.9. The van der Waals surface area contributed by atoms with Crippen LogP contribution in [0.5, 0.6) is 11.5 Å². The summed E-state index contributed by atoms with van der Waals surface area (Å²) in [7, 11) is 0. The number of ether oxygens (including phenoxy) is 2. The zero-order valence-electron chi connectivity index (χ0n) is 16.2. The molecule has 0 aromatic heterocycles. The summed E-state index contributed by atoms with van der Waals surface area (Å²) < 4.78 is 11.6. The quantitative estimate of drug-likeness (QED) is 0.604. The van der Waals surface area contributed by atoms with Crippen LogP contribution < -0.4 is 14.8 Å². The van der Waals surface area contributed by atoms with E-state index in [9.17, 15) is 9.90 Å². The van der Waals surface area contributed by atoms with E-state index in [0.29, 0.717) is 23.0 Å². The summed E-state index contributed by atoms with van der Waals surface area (Å²) in [6.07, 6.45) is -0.932. The minimum absolute atomic E-state index is 0.0624. The van der Waals surface area contributed by atoms with E-state index in [1.54, 1.807) is 30.3 Å². The smallest absolute Gasteiger partial charge is 0.409 e. The number of aliphatic hydroxyl groups is 1. The van der Waals surface area contributed by atoms with Gasteiger partial charge in [-0.05, 0) is 55.3 Å². The zero-order valence-corrected chi connectivity index (χ0v) is 16.9. The molecule has 2 atom stereocenters. The van der Waals surface area contributed by atoms with E-state index in [4.69, 9.17) is 26.2 Å². The second kappa shape index (κ2) is 9.82. The summed E-state index contributed by atoms with van der Waals surface area (Å²) in [6, 6.07) is 12.5. The molecule has 1 heterocycles. The molecule has 1 saturated heterocycles. The predicted octanol–water partition coefficient (Wildman–Crippen LogP) is 3.63. The Hall–Kier alpha value is -2.48. The number of amides is 1. The van der Waals surface area contributed by atoms with Crippen LogP contribution in [0.2, 0.25) is 5.02 Å². The highest BCUT2D eigenvalue weighted by atomic mass is 35.5. The molecule has 0 saturated carbocycles. The van der Waals surface area contributed by atoms with Gasteiger partial charge in [0.25, 0.3) is 0 Å². The SMILES string of the molecule is Cc1ccc(NC(=O)O)c(OCC(O)CN2CCC(Oc3ccc(Cl)cc3)C2)c1. The van der Waals surface area contributed by atoms with Gasteiger partial charge in [0.05, 0.1) is 5.69 Å². The average Bonchev–Trinajstić information content (AvgIpc) is 3.10. The Kier molecular flexibility index (Phi) is 7.19. The van der Waals surface area contributed by atoms with Gasteiger partial charge >= 0.3 is 6.09 Å². The Morgan fingerprint density at radius 2 is 2.07 bits per heavy atom. The molecular weight excluding hydrogens is 396 g/mol. The Balaban J connectivity index is 1.46. The van der Waals surface area contributed by atoms with Crippen LogP contribution in [-0.2, 0) is 0 Å². The Labute approximate surface area is 174 Å². The molecule has 1 aliphatic heterocycles. The number of aryl methyl sites for hydroxylation is 1. The van der Waals surface area contributed by atoms with Crippen LogP contribution in [0.3, 0.4) is 0 Å². The topological polar surface area (TPSA) is 91.3 Å². The summed E-state index contributed by atoms with van der Waals surface area (Å²) in [5, 5.41) is 22.3. The largest absolute Gasteiger partial charge is 0.489 e. The lowest BCUT2D eigenvalue weighted by molar-refractivity contribution is 0.0722. The predicted molar refractivity (Wildman–Crippen MR) is 111 cm³/mol. The molecule has 2 unspecified atom stereocenters. The molecule has 0 bridgehead atoms. The summed E-state index contributed by atoms with van der Waals surface area (Å²) in [5.74, 6) is 1.18. The molecule has 3 rings (SSSR count). The molecule has 0 aliphatic carbocycles. The van der Waals surface area contributed by atoms with Gasteiger partial charge in [0.1, 0.15) is 30.3 Å². The van der Waals surface area contributed by atoms with Crippen LogP contribution in [0.15, 0.2) is 42.5 Å². The summed E-state index contributed by atoms with van der Waals surface area (Å²) in [6.45, 7) is 3.95. The number of β-amino-alcohol motifs (C(OH)–C–C–N with tert-alkyl or cyclic N) is 1. The molecule has 1 aliphatic rings. The number of benzene rings is 2. The third-order valence-corrected chi connectivity index (χ3v) is 4.88. The Morgan fingerprint density at radius 3 is 2.79 bits per heavy atom. The molecule has 156 valence electrons. The Morgan fingerprint density at radius 1 is 1.31 bits per heavy atom. The first-order chi connectivity index (χ1) is 13.9. The fraction of sp³-hybridized carbons (Fsp3) is 0.381. The fourth-order valence-electron chi connectivity index (χ4n) is 3.27. The molecule has 3 N–H and O–H groups in total. The van der Waals surface area contributed by atoms with Crippen molar-refractivity contribution < 1.29 is 24.5 Å². The van der Waals surface area contributed by atoms with E-state index in [1.165, 1.54) is 0 Å². The van der Waals surface area contributed by atoms with E-state index in [0.717, 1.165) is 30.8 Å². The number of hydrogen-bond acceptors (Lipinski definition) is 5. The normalized spacial score (nSPS) is 17.7. The lowest BCUT2D eigenvalue weighted by Gasteiger charge is -2.21. The van der Waals surface area contributed by atoms with Crippen molar-refractivity contribution in [1.82, 2.24) is 4.90 Å². The van der Waals surface area contributed by atoms with Crippen LogP contribution >= 0.6 is 11.6 Å². The zero-order chi connectivity index (χ0) is 20.8. The molecular formula is C21H25ClN2O5. The third-order valence-electron chi connectivity index (χ3n) is 4.62. The highest BCUT2D eigenvalue weighted by molar-refractivity contribution is 6.30. The van der Waals surface area contributed by atoms with Gasteiger partial charge in [0.15, 0.2) is 0 Å². The molecule has 0 spiro atoms. The minimum atomic E-state index is -1.16. The monoisotopic (exact) mass is 420 g/mol.